The first-order chi connectivity index (χ1) is 12.2. The van der Waals surface area contributed by atoms with Gasteiger partial charge in [-0.3, -0.25) is 14.9 Å². The Kier molecular flexibility index (Phi) is 5.81. The number of ether oxygens (including phenoxy) is 1. The van der Waals surface area contributed by atoms with Crippen molar-refractivity contribution in [2.45, 2.75) is 19.6 Å². The minimum Gasteiger partial charge on any atom is -0.483 e. The van der Waals surface area contributed by atoms with Crippen molar-refractivity contribution in [1.29, 1.82) is 0 Å². The fourth-order valence-electron chi connectivity index (χ4n) is 2.18. The number of amides is 1. The van der Waals surface area contributed by atoms with Gasteiger partial charge in [0, 0.05) is 18.7 Å². The Morgan fingerprint density at radius 2 is 1.92 bits per heavy atom. The molecule has 0 bridgehead atoms. The predicted octanol–water partition coefficient (Wildman–Crippen LogP) is 3.62. The van der Waals surface area contributed by atoms with E-state index in [0.717, 1.165) is 23.3 Å². The lowest BCUT2D eigenvalue weighted by Crippen LogP contribution is -2.29. The zero-order valence-electron chi connectivity index (χ0n) is 13.7. The molecule has 2 aromatic rings. The van der Waals surface area contributed by atoms with E-state index in [-0.39, 0.29) is 6.54 Å². The largest absolute Gasteiger partial charge is 0.483 e. The molecule has 0 unspecified atom stereocenters. The number of benzene rings is 2. The minimum absolute atomic E-state index is 0.210. The average Bonchev–Trinajstić information content (AvgIpc) is 2.58. The smallest absolute Gasteiger partial charge is 0.420 e. The van der Waals surface area contributed by atoms with Gasteiger partial charge >= 0.3 is 6.18 Å². The molecule has 0 saturated heterocycles. The molecule has 26 heavy (non-hydrogen) atoms. The molecule has 0 fully saturated rings. The quantitative estimate of drug-likeness (QED) is 0.624. The highest BCUT2D eigenvalue weighted by Gasteiger charge is 2.36. The molecule has 2 rings (SSSR count). The molecule has 0 aliphatic rings. The Labute approximate surface area is 146 Å². The van der Waals surface area contributed by atoms with Crippen LogP contribution in [0.25, 0.3) is 0 Å². The number of hydrogen-bond acceptors (Lipinski definition) is 4. The second-order valence-corrected chi connectivity index (χ2v) is 5.43. The van der Waals surface area contributed by atoms with Crippen molar-refractivity contribution >= 4 is 11.6 Å². The van der Waals surface area contributed by atoms with E-state index in [2.05, 4.69) is 5.32 Å². The summed E-state index contributed by atoms with van der Waals surface area (Å²) in [6, 6.07) is 9.42. The van der Waals surface area contributed by atoms with E-state index in [1.165, 1.54) is 0 Å². The third-order valence-corrected chi connectivity index (χ3v) is 3.58. The summed E-state index contributed by atoms with van der Waals surface area (Å²) in [4.78, 5) is 21.5. The number of hydrogen-bond donors (Lipinski definition) is 1. The molecule has 1 amide bonds. The van der Waals surface area contributed by atoms with Crippen molar-refractivity contribution in [3.8, 4) is 5.75 Å². The first kappa shape index (κ1) is 19.2. The number of nitrogens with zero attached hydrogens (tertiary/aromatic N) is 1. The van der Waals surface area contributed by atoms with Gasteiger partial charge in [-0.25, -0.2) is 0 Å². The lowest BCUT2D eigenvalue weighted by Gasteiger charge is -2.14. The van der Waals surface area contributed by atoms with E-state index in [1.54, 1.807) is 6.07 Å². The predicted molar refractivity (Wildman–Crippen MR) is 86.6 cm³/mol. The van der Waals surface area contributed by atoms with E-state index >= 15 is 0 Å². The lowest BCUT2D eigenvalue weighted by molar-refractivity contribution is -0.385. The fraction of sp³-hybridized carbons (Fsp3) is 0.235. The topological polar surface area (TPSA) is 81.5 Å². The summed E-state index contributed by atoms with van der Waals surface area (Å²) in [5.41, 5.74) is -0.192. The maximum Gasteiger partial charge on any atom is 0.420 e. The van der Waals surface area contributed by atoms with E-state index in [4.69, 9.17) is 4.74 Å². The highest BCUT2D eigenvalue weighted by atomic mass is 19.4. The summed E-state index contributed by atoms with van der Waals surface area (Å²) in [6.45, 7) is 1.43. The first-order valence-electron chi connectivity index (χ1n) is 7.48. The maximum absolute atomic E-state index is 13.0. The Morgan fingerprint density at radius 1 is 1.23 bits per heavy atom. The molecule has 0 aromatic heterocycles. The summed E-state index contributed by atoms with van der Waals surface area (Å²) in [5, 5.41) is 13.2. The third-order valence-electron chi connectivity index (χ3n) is 3.58. The molecule has 0 radical (unpaired) electrons. The summed E-state index contributed by atoms with van der Waals surface area (Å²) < 4.78 is 44.0. The number of alkyl halides is 3. The van der Waals surface area contributed by atoms with Crippen LogP contribution in [-0.4, -0.2) is 17.4 Å². The van der Waals surface area contributed by atoms with Crippen LogP contribution in [0, 0.1) is 17.0 Å². The number of rotatable bonds is 6. The molecular weight excluding hydrogens is 353 g/mol. The lowest BCUT2D eigenvalue weighted by atomic mass is 10.1. The van der Waals surface area contributed by atoms with Crippen molar-refractivity contribution in [2.24, 2.45) is 0 Å². The number of aryl methyl sites for hydroxylation is 1. The Hall–Kier alpha value is -3.10. The number of nitro benzene ring substituents is 1. The Bertz CT molecular complexity index is 822. The molecule has 6 nitrogen and oxygen atoms in total. The standard InChI is InChI=1S/C17H15F3N2O4/c1-11-4-2-3-5-12(11)9-21-16(23)10-26-15-7-6-13(22(24)25)8-14(15)17(18,19)20/h2-8H,9-10H2,1H3,(H,21,23). The zero-order valence-corrected chi connectivity index (χ0v) is 13.7. The molecule has 9 heteroatoms. The molecule has 0 spiro atoms. The van der Waals surface area contributed by atoms with E-state index in [0.29, 0.717) is 6.07 Å². The molecule has 138 valence electrons. The van der Waals surface area contributed by atoms with E-state index in [1.807, 2.05) is 25.1 Å². The molecule has 2 aromatic carbocycles. The van der Waals surface area contributed by atoms with Crippen LogP contribution < -0.4 is 10.1 Å². The number of non-ortho nitro benzene ring substituents is 1. The van der Waals surface area contributed by atoms with Gasteiger partial charge in [0.25, 0.3) is 11.6 Å². The fourth-order valence-corrected chi connectivity index (χ4v) is 2.18. The second kappa shape index (κ2) is 7.85. The van der Waals surface area contributed by atoms with Crippen LogP contribution in [0.3, 0.4) is 0 Å². The highest BCUT2D eigenvalue weighted by molar-refractivity contribution is 5.77. The van der Waals surface area contributed by atoms with Crippen molar-refractivity contribution in [1.82, 2.24) is 5.32 Å². The summed E-state index contributed by atoms with van der Waals surface area (Å²) in [7, 11) is 0. The van der Waals surface area contributed by atoms with Gasteiger partial charge in [-0.1, -0.05) is 24.3 Å². The van der Waals surface area contributed by atoms with Gasteiger partial charge in [-0.2, -0.15) is 13.2 Å². The number of nitro groups is 1. The SMILES string of the molecule is Cc1ccccc1CNC(=O)COc1ccc([N+](=O)[O-])cc1C(F)(F)F. The van der Waals surface area contributed by atoms with Gasteiger partial charge < -0.3 is 10.1 Å². The van der Waals surface area contributed by atoms with Gasteiger partial charge in [0.2, 0.25) is 0 Å². The minimum atomic E-state index is -4.85. The van der Waals surface area contributed by atoms with Crippen LogP contribution in [0.2, 0.25) is 0 Å². The normalized spacial score (nSPS) is 11.1. The van der Waals surface area contributed by atoms with Crippen LogP contribution in [0.15, 0.2) is 42.5 Å². The van der Waals surface area contributed by atoms with Crippen molar-refractivity contribution in [2.75, 3.05) is 6.61 Å². The van der Waals surface area contributed by atoms with Gasteiger partial charge in [0.05, 0.1) is 4.92 Å². The van der Waals surface area contributed by atoms with Crippen LogP contribution in [0.4, 0.5) is 18.9 Å². The molecule has 0 aliphatic heterocycles. The molecule has 0 aliphatic carbocycles. The molecule has 1 N–H and O–H groups in total. The summed E-state index contributed by atoms with van der Waals surface area (Å²) in [5.74, 6) is -1.26. The average molecular weight is 368 g/mol. The number of carbonyl (C=O) groups is 1. The van der Waals surface area contributed by atoms with Crippen molar-refractivity contribution < 1.29 is 27.6 Å². The van der Waals surface area contributed by atoms with Gasteiger partial charge in [0.1, 0.15) is 11.3 Å². The summed E-state index contributed by atoms with van der Waals surface area (Å²) >= 11 is 0. The molecular formula is C17H15F3N2O4. The molecule has 0 atom stereocenters. The Morgan fingerprint density at radius 3 is 2.54 bits per heavy atom. The van der Waals surface area contributed by atoms with Crippen LogP contribution in [-0.2, 0) is 17.5 Å². The van der Waals surface area contributed by atoms with Crippen LogP contribution >= 0.6 is 0 Å². The number of halogens is 3. The van der Waals surface area contributed by atoms with Gasteiger partial charge in [-0.15, -0.1) is 0 Å². The first-order valence-corrected chi connectivity index (χ1v) is 7.48. The number of nitrogens with one attached hydrogen (secondary N) is 1. The zero-order chi connectivity index (χ0) is 19.3. The van der Waals surface area contributed by atoms with Crippen molar-refractivity contribution in [3.05, 3.63) is 69.3 Å². The Balaban J connectivity index is 2.03. The summed E-state index contributed by atoms with van der Waals surface area (Å²) in [6.07, 6.45) is -4.85. The monoisotopic (exact) mass is 368 g/mol. The second-order valence-electron chi connectivity index (χ2n) is 5.43. The van der Waals surface area contributed by atoms with E-state index in [9.17, 15) is 28.1 Å². The highest BCUT2D eigenvalue weighted by Crippen LogP contribution is 2.38. The van der Waals surface area contributed by atoms with Crippen molar-refractivity contribution in [3.63, 3.8) is 0 Å². The molecule has 0 heterocycles. The third kappa shape index (κ3) is 4.95. The van der Waals surface area contributed by atoms with Crippen LogP contribution in [0.1, 0.15) is 16.7 Å². The van der Waals surface area contributed by atoms with E-state index < -0.39 is 40.6 Å². The van der Waals surface area contributed by atoms with Gasteiger partial charge in [-0.05, 0) is 24.1 Å². The molecule has 0 saturated carbocycles. The number of carbonyl (C=O) groups excluding carboxylic acids is 1. The maximum atomic E-state index is 13.0. The van der Waals surface area contributed by atoms with Crippen LogP contribution in [0.5, 0.6) is 5.75 Å². The van der Waals surface area contributed by atoms with Gasteiger partial charge in [0.15, 0.2) is 6.61 Å².